The van der Waals surface area contributed by atoms with E-state index in [2.05, 4.69) is 17.1 Å². The number of nitrogens with zero attached hydrogens (tertiary/aromatic N) is 1. The Balaban J connectivity index is 1.78. The van der Waals surface area contributed by atoms with Gasteiger partial charge < -0.3 is 19.5 Å². The number of carbonyl (C=O) groups is 2. The molecule has 4 aliphatic heterocycles. The van der Waals surface area contributed by atoms with Crippen LogP contribution in [0.5, 0.6) is 11.5 Å². The number of nitrogens with one attached hydrogen (secondary N) is 1. The van der Waals surface area contributed by atoms with E-state index >= 15 is 0 Å². The summed E-state index contributed by atoms with van der Waals surface area (Å²) >= 11 is 0. The third-order valence-electron chi connectivity index (χ3n) is 8.31. The van der Waals surface area contributed by atoms with Gasteiger partial charge in [0.1, 0.15) is 5.41 Å². The van der Waals surface area contributed by atoms with Gasteiger partial charge in [-0.1, -0.05) is 13.3 Å². The van der Waals surface area contributed by atoms with Crippen molar-refractivity contribution in [2.45, 2.75) is 44.1 Å². The van der Waals surface area contributed by atoms with Crippen LogP contribution in [0.3, 0.4) is 0 Å². The van der Waals surface area contributed by atoms with Gasteiger partial charge in [-0.05, 0) is 49.3 Å². The van der Waals surface area contributed by atoms with Gasteiger partial charge >= 0.3 is 5.97 Å². The second-order valence-electron chi connectivity index (χ2n) is 9.24. The maximum absolute atomic E-state index is 13.8. The lowest BCUT2D eigenvalue weighted by atomic mass is 9.44. The Hall–Kier alpha value is -2.28. The molecule has 0 aromatic heterocycles. The first-order valence-corrected chi connectivity index (χ1v) is 10.9. The molecule has 1 spiro atoms. The van der Waals surface area contributed by atoms with E-state index in [9.17, 15) is 9.59 Å². The number of esters is 1. The van der Waals surface area contributed by atoms with E-state index in [4.69, 9.17) is 14.2 Å². The fraction of sp³-hybridized carbons (Fsp3) is 0.652. The summed E-state index contributed by atoms with van der Waals surface area (Å²) in [6.45, 7) is 4.00. The van der Waals surface area contributed by atoms with Gasteiger partial charge in [0.2, 0.25) is 5.91 Å². The van der Waals surface area contributed by atoms with Crippen molar-refractivity contribution in [3.05, 3.63) is 17.7 Å². The van der Waals surface area contributed by atoms with Crippen LogP contribution < -0.4 is 14.8 Å². The first-order valence-electron chi connectivity index (χ1n) is 10.9. The van der Waals surface area contributed by atoms with Gasteiger partial charge in [0.15, 0.2) is 11.5 Å². The Labute approximate surface area is 177 Å². The number of ether oxygens (including phenoxy) is 3. The SMILES string of the molecule is CC[C@H]1C[C@H]2CN3CC[C@@]4(C(=O)Nc5cc(OC)c(OC)cc54)[C@@](C(=O)OC)(C2)[C@@H]13. The quantitative estimate of drug-likeness (QED) is 0.763. The number of carbonyl (C=O) groups excluding carboxylic acids is 2. The molecule has 1 aliphatic carbocycles. The molecule has 4 heterocycles. The Morgan fingerprint density at radius 1 is 1.23 bits per heavy atom. The normalized spacial score (nSPS) is 38.2. The minimum Gasteiger partial charge on any atom is -0.493 e. The third kappa shape index (κ3) is 2.14. The molecule has 0 radical (unpaired) electrons. The van der Waals surface area contributed by atoms with E-state index in [0.717, 1.165) is 31.5 Å². The van der Waals surface area contributed by atoms with Gasteiger partial charge in [0.25, 0.3) is 0 Å². The van der Waals surface area contributed by atoms with Gasteiger partial charge in [-0.25, -0.2) is 0 Å². The zero-order chi connectivity index (χ0) is 21.3. The van der Waals surface area contributed by atoms with Gasteiger partial charge in [0, 0.05) is 24.3 Å². The summed E-state index contributed by atoms with van der Waals surface area (Å²) in [5, 5.41) is 3.08. The van der Waals surface area contributed by atoms with Gasteiger partial charge in [-0.3, -0.25) is 14.5 Å². The van der Waals surface area contributed by atoms with Crippen molar-refractivity contribution in [3.63, 3.8) is 0 Å². The molecule has 5 aliphatic rings. The predicted molar refractivity (Wildman–Crippen MR) is 111 cm³/mol. The van der Waals surface area contributed by atoms with Crippen LogP contribution in [0.1, 0.15) is 38.2 Å². The maximum Gasteiger partial charge on any atom is 0.314 e. The Morgan fingerprint density at radius 2 is 1.97 bits per heavy atom. The molecular formula is C23H30N2O5. The Bertz CT molecular complexity index is 909. The second-order valence-corrected chi connectivity index (χ2v) is 9.24. The van der Waals surface area contributed by atoms with Crippen molar-refractivity contribution in [2.75, 3.05) is 39.7 Å². The molecule has 4 bridgehead atoms. The fourth-order valence-corrected chi connectivity index (χ4v) is 7.33. The molecule has 4 fully saturated rings. The number of piperidine rings is 3. The van der Waals surface area contributed by atoms with E-state index in [-0.39, 0.29) is 17.9 Å². The first-order chi connectivity index (χ1) is 14.5. The van der Waals surface area contributed by atoms with E-state index in [1.54, 1.807) is 14.2 Å². The topological polar surface area (TPSA) is 77.1 Å². The van der Waals surface area contributed by atoms with Crippen molar-refractivity contribution in [3.8, 4) is 11.5 Å². The van der Waals surface area contributed by atoms with Crippen LogP contribution in [-0.4, -0.2) is 57.2 Å². The molecule has 1 N–H and O–H groups in total. The summed E-state index contributed by atoms with van der Waals surface area (Å²) in [7, 11) is 4.63. The average molecular weight is 415 g/mol. The van der Waals surface area contributed by atoms with Crippen LogP contribution in [0.2, 0.25) is 0 Å². The van der Waals surface area contributed by atoms with Gasteiger partial charge in [0.05, 0.1) is 26.7 Å². The summed E-state index contributed by atoms with van der Waals surface area (Å²) in [5.41, 5.74) is -0.291. The van der Waals surface area contributed by atoms with Crippen molar-refractivity contribution in [2.24, 2.45) is 17.3 Å². The van der Waals surface area contributed by atoms with E-state index in [1.807, 2.05) is 12.1 Å². The van der Waals surface area contributed by atoms with Crippen LogP contribution >= 0.6 is 0 Å². The maximum atomic E-state index is 13.8. The molecular weight excluding hydrogens is 384 g/mol. The third-order valence-corrected chi connectivity index (χ3v) is 8.31. The summed E-state index contributed by atoms with van der Waals surface area (Å²) in [6, 6.07) is 3.73. The standard InChI is InChI=1S/C23H30N2O5/c1-5-14-8-13-11-23(21(27)30-4)19(14)25(12-13)7-6-22(23)15-9-17(28-2)18(29-3)10-16(15)24-20(22)26/h9-10,13-14,19H,5-8,11-12H2,1-4H3,(H,24,26)/t13-,14+,19-,22-,23+/m1/s1. The highest BCUT2D eigenvalue weighted by molar-refractivity contribution is 6.10. The van der Waals surface area contributed by atoms with Crippen molar-refractivity contribution in [1.29, 1.82) is 0 Å². The molecule has 1 amide bonds. The summed E-state index contributed by atoms with van der Waals surface area (Å²) < 4.78 is 16.5. The molecule has 162 valence electrons. The zero-order valence-corrected chi connectivity index (χ0v) is 18.1. The summed E-state index contributed by atoms with van der Waals surface area (Å²) in [5.74, 6) is 1.56. The van der Waals surface area contributed by atoms with Crippen LogP contribution in [0, 0.1) is 17.3 Å². The number of hydrogen-bond acceptors (Lipinski definition) is 6. The number of amides is 1. The van der Waals surface area contributed by atoms with E-state index < -0.39 is 10.8 Å². The van der Waals surface area contributed by atoms with E-state index in [1.165, 1.54) is 7.11 Å². The number of methoxy groups -OCH3 is 3. The second kappa shape index (κ2) is 6.61. The molecule has 1 unspecified atom stereocenters. The number of rotatable bonds is 4. The number of anilines is 1. The van der Waals surface area contributed by atoms with E-state index in [0.29, 0.717) is 41.9 Å². The predicted octanol–water partition coefficient (Wildman–Crippen LogP) is 2.58. The van der Waals surface area contributed by atoms with Crippen LogP contribution in [-0.2, 0) is 19.7 Å². The fourth-order valence-electron chi connectivity index (χ4n) is 7.33. The Morgan fingerprint density at radius 3 is 2.63 bits per heavy atom. The molecule has 7 nitrogen and oxygen atoms in total. The molecule has 1 aromatic carbocycles. The molecule has 6 atom stereocenters. The lowest BCUT2D eigenvalue weighted by molar-refractivity contribution is -0.204. The molecule has 6 rings (SSSR count). The van der Waals surface area contributed by atoms with Crippen molar-refractivity contribution >= 4 is 17.6 Å². The van der Waals surface area contributed by atoms with Crippen LogP contribution in [0.15, 0.2) is 12.1 Å². The largest absolute Gasteiger partial charge is 0.493 e. The lowest BCUT2D eigenvalue weighted by Crippen LogP contribution is -2.76. The highest BCUT2D eigenvalue weighted by atomic mass is 16.5. The highest BCUT2D eigenvalue weighted by Gasteiger charge is 2.75. The van der Waals surface area contributed by atoms with Crippen LogP contribution in [0.25, 0.3) is 0 Å². The minimum atomic E-state index is -0.956. The molecule has 1 aromatic rings. The summed E-state index contributed by atoms with van der Waals surface area (Å²) in [4.78, 5) is 29.9. The smallest absolute Gasteiger partial charge is 0.314 e. The number of hydrogen-bond donors (Lipinski definition) is 1. The molecule has 1 saturated carbocycles. The monoisotopic (exact) mass is 414 g/mol. The first kappa shape index (κ1) is 19.7. The molecule has 30 heavy (non-hydrogen) atoms. The van der Waals surface area contributed by atoms with Crippen molar-refractivity contribution in [1.82, 2.24) is 4.90 Å². The minimum absolute atomic E-state index is 0.0125. The van der Waals surface area contributed by atoms with Crippen molar-refractivity contribution < 1.29 is 23.8 Å². The van der Waals surface area contributed by atoms with Gasteiger partial charge in [-0.15, -0.1) is 0 Å². The summed E-state index contributed by atoms with van der Waals surface area (Å²) in [6.07, 6.45) is 3.40. The number of fused-ring (bicyclic) bond motifs is 3. The highest BCUT2D eigenvalue weighted by Crippen LogP contribution is 2.66. The zero-order valence-electron chi connectivity index (χ0n) is 18.1. The molecule has 3 saturated heterocycles. The van der Waals surface area contributed by atoms with Gasteiger partial charge in [-0.2, -0.15) is 0 Å². The Kier molecular flexibility index (Phi) is 4.33. The molecule has 7 heteroatoms. The number of benzene rings is 1. The lowest BCUT2D eigenvalue weighted by Gasteiger charge is -2.66. The average Bonchev–Trinajstić information content (AvgIpc) is 3.05. The van der Waals surface area contributed by atoms with Crippen LogP contribution in [0.4, 0.5) is 5.69 Å².